The van der Waals surface area contributed by atoms with Crippen LogP contribution >= 0.6 is 0 Å². The molecule has 0 aliphatic heterocycles. The molecule has 1 aliphatic carbocycles. The monoisotopic (exact) mass is 244 g/mol. The van der Waals surface area contributed by atoms with Crippen LogP contribution < -0.4 is 11.1 Å². The minimum Gasteiger partial charge on any atom is -0.382 e. The average Bonchev–Trinajstić information content (AvgIpc) is 2.34. The minimum atomic E-state index is -0.147. The van der Waals surface area contributed by atoms with Crippen molar-refractivity contribution in [1.82, 2.24) is 5.32 Å². The zero-order valence-electron chi connectivity index (χ0n) is 10.6. The number of nitrogens with one attached hydrogen (secondary N) is 1. The summed E-state index contributed by atoms with van der Waals surface area (Å²) in [5, 5.41) is 3.44. The van der Waals surface area contributed by atoms with Gasteiger partial charge in [0.15, 0.2) is 0 Å². The smallest absolute Gasteiger partial charge is 0.220 e. The SMILES string of the molecule is COCCOCCNC1CCC(C(N)=O)CC1. The molecule has 1 rings (SSSR count). The molecular weight excluding hydrogens is 220 g/mol. The van der Waals surface area contributed by atoms with Gasteiger partial charge in [0, 0.05) is 25.6 Å². The summed E-state index contributed by atoms with van der Waals surface area (Å²) in [6.07, 6.45) is 3.90. The second-order valence-electron chi connectivity index (χ2n) is 4.51. The molecule has 100 valence electrons. The maximum absolute atomic E-state index is 11.0. The number of carbonyl (C=O) groups is 1. The Hall–Kier alpha value is -0.650. The number of amides is 1. The number of ether oxygens (including phenoxy) is 2. The Morgan fingerprint density at radius 3 is 2.53 bits per heavy atom. The molecule has 5 nitrogen and oxygen atoms in total. The molecule has 17 heavy (non-hydrogen) atoms. The highest BCUT2D eigenvalue weighted by Crippen LogP contribution is 2.23. The van der Waals surface area contributed by atoms with E-state index >= 15 is 0 Å². The molecular formula is C12H24N2O3. The van der Waals surface area contributed by atoms with Crippen molar-refractivity contribution >= 4 is 5.91 Å². The van der Waals surface area contributed by atoms with Crippen LogP contribution in [0.25, 0.3) is 0 Å². The molecule has 1 fully saturated rings. The Labute approximate surface area is 103 Å². The van der Waals surface area contributed by atoms with E-state index in [9.17, 15) is 4.79 Å². The summed E-state index contributed by atoms with van der Waals surface area (Å²) in [5.41, 5.74) is 5.29. The molecule has 0 heterocycles. The van der Waals surface area contributed by atoms with Crippen LogP contribution in [-0.2, 0) is 14.3 Å². The van der Waals surface area contributed by atoms with Crippen LogP contribution in [0.3, 0.4) is 0 Å². The van der Waals surface area contributed by atoms with Crippen molar-refractivity contribution < 1.29 is 14.3 Å². The van der Waals surface area contributed by atoms with Crippen LogP contribution in [0, 0.1) is 5.92 Å². The van der Waals surface area contributed by atoms with E-state index in [2.05, 4.69) is 5.32 Å². The van der Waals surface area contributed by atoms with Crippen LogP contribution in [-0.4, -0.2) is 45.4 Å². The van der Waals surface area contributed by atoms with E-state index < -0.39 is 0 Å². The fraction of sp³-hybridized carbons (Fsp3) is 0.917. The van der Waals surface area contributed by atoms with Gasteiger partial charge < -0.3 is 20.5 Å². The van der Waals surface area contributed by atoms with Gasteiger partial charge in [0.25, 0.3) is 0 Å². The van der Waals surface area contributed by atoms with Gasteiger partial charge in [-0.05, 0) is 25.7 Å². The molecule has 0 aromatic heterocycles. The molecule has 1 amide bonds. The van der Waals surface area contributed by atoms with Gasteiger partial charge in [-0.2, -0.15) is 0 Å². The van der Waals surface area contributed by atoms with Crippen LogP contribution in [0.4, 0.5) is 0 Å². The Morgan fingerprint density at radius 2 is 1.94 bits per heavy atom. The normalized spacial score (nSPS) is 24.8. The Balaban J connectivity index is 1.97. The maximum atomic E-state index is 11.0. The summed E-state index contributed by atoms with van der Waals surface area (Å²) in [7, 11) is 1.67. The van der Waals surface area contributed by atoms with Crippen molar-refractivity contribution in [2.75, 3.05) is 33.5 Å². The third kappa shape index (κ3) is 6.00. The van der Waals surface area contributed by atoms with E-state index in [4.69, 9.17) is 15.2 Å². The Kier molecular flexibility index (Phi) is 7.16. The van der Waals surface area contributed by atoms with Crippen molar-refractivity contribution in [3.8, 4) is 0 Å². The minimum absolute atomic E-state index is 0.0889. The Bertz CT molecular complexity index is 216. The first-order valence-electron chi connectivity index (χ1n) is 6.33. The number of primary amides is 1. The summed E-state index contributed by atoms with van der Waals surface area (Å²) in [5.74, 6) is -0.0580. The van der Waals surface area contributed by atoms with Gasteiger partial charge in [-0.3, -0.25) is 4.79 Å². The van der Waals surface area contributed by atoms with E-state index in [1.807, 2.05) is 0 Å². The molecule has 3 N–H and O–H groups in total. The van der Waals surface area contributed by atoms with Gasteiger partial charge in [-0.15, -0.1) is 0 Å². The number of carbonyl (C=O) groups excluding carboxylic acids is 1. The highest BCUT2D eigenvalue weighted by atomic mass is 16.5. The molecule has 0 radical (unpaired) electrons. The van der Waals surface area contributed by atoms with Crippen LogP contribution in [0.5, 0.6) is 0 Å². The summed E-state index contributed by atoms with van der Waals surface area (Å²) in [4.78, 5) is 11.0. The quantitative estimate of drug-likeness (QED) is 0.602. The first kappa shape index (κ1) is 14.4. The predicted molar refractivity (Wildman–Crippen MR) is 65.6 cm³/mol. The van der Waals surface area contributed by atoms with Crippen LogP contribution in [0.1, 0.15) is 25.7 Å². The van der Waals surface area contributed by atoms with E-state index in [0.717, 1.165) is 32.2 Å². The lowest BCUT2D eigenvalue weighted by Gasteiger charge is -2.27. The number of hydrogen-bond acceptors (Lipinski definition) is 4. The number of rotatable bonds is 8. The van der Waals surface area contributed by atoms with E-state index in [0.29, 0.717) is 25.9 Å². The van der Waals surface area contributed by atoms with Gasteiger partial charge in [-0.25, -0.2) is 0 Å². The third-order valence-corrected chi connectivity index (χ3v) is 3.24. The molecule has 1 saturated carbocycles. The standard InChI is InChI=1S/C12H24N2O3/c1-16-8-9-17-7-6-14-11-4-2-10(3-5-11)12(13)15/h10-11,14H,2-9H2,1H3,(H2,13,15). The summed E-state index contributed by atoms with van der Waals surface area (Å²) >= 11 is 0. The summed E-state index contributed by atoms with van der Waals surface area (Å²) < 4.78 is 10.2. The lowest BCUT2D eigenvalue weighted by atomic mass is 9.85. The van der Waals surface area contributed by atoms with Crippen molar-refractivity contribution in [3.63, 3.8) is 0 Å². The lowest BCUT2D eigenvalue weighted by Crippen LogP contribution is -2.38. The average molecular weight is 244 g/mol. The molecule has 0 aromatic carbocycles. The van der Waals surface area contributed by atoms with Crippen molar-refractivity contribution in [2.24, 2.45) is 11.7 Å². The molecule has 0 bridgehead atoms. The summed E-state index contributed by atoms with van der Waals surface area (Å²) in [6, 6.07) is 0.511. The van der Waals surface area contributed by atoms with Crippen LogP contribution in [0.15, 0.2) is 0 Å². The molecule has 0 spiro atoms. The molecule has 0 atom stereocenters. The van der Waals surface area contributed by atoms with Gasteiger partial charge >= 0.3 is 0 Å². The fourth-order valence-corrected chi connectivity index (χ4v) is 2.16. The van der Waals surface area contributed by atoms with Crippen molar-refractivity contribution in [1.29, 1.82) is 0 Å². The van der Waals surface area contributed by atoms with Crippen molar-refractivity contribution in [2.45, 2.75) is 31.7 Å². The van der Waals surface area contributed by atoms with Crippen molar-refractivity contribution in [3.05, 3.63) is 0 Å². The topological polar surface area (TPSA) is 73.6 Å². The third-order valence-electron chi connectivity index (χ3n) is 3.24. The second-order valence-corrected chi connectivity index (χ2v) is 4.51. The molecule has 0 unspecified atom stereocenters. The molecule has 1 aliphatic rings. The van der Waals surface area contributed by atoms with Gasteiger partial charge in [0.05, 0.1) is 19.8 Å². The number of hydrogen-bond donors (Lipinski definition) is 2. The zero-order chi connectivity index (χ0) is 12.5. The second kappa shape index (κ2) is 8.44. The van der Waals surface area contributed by atoms with Gasteiger partial charge in [0.2, 0.25) is 5.91 Å². The van der Waals surface area contributed by atoms with E-state index in [1.165, 1.54) is 0 Å². The van der Waals surface area contributed by atoms with Crippen LogP contribution in [0.2, 0.25) is 0 Å². The fourth-order valence-electron chi connectivity index (χ4n) is 2.16. The van der Waals surface area contributed by atoms with E-state index in [1.54, 1.807) is 7.11 Å². The zero-order valence-corrected chi connectivity index (χ0v) is 10.6. The highest BCUT2D eigenvalue weighted by Gasteiger charge is 2.23. The predicted octanol–water partition coefficient (Wildman–Crippen LogP) is 0.283. The highest BCUT2D eigenvalue weighted by molar-refractivity contribution is 5.76. The van der Waals surface area contributed by atoms with E-state index in [-0.39, 0.29) is 11.8 Å². The first-order valence-corrected chi connectivity index (χ1v) is 6.33. The van der Waals surface area contributed by atoms with Gasteiger partial charge in [0.1, 0.15) is 0 Å². The largest absolute Gasteiger partial charge is 0.382 e. The molecule has 0 aromatic rings. The lowest BCUT2D eigenvalue weighted by molar-refractivity contribution is -0.122. The Morgan fingerprint density at radius 1 is 1.24 bits per heavy atom. The molecule has 0 saturated heterocycles. The maximum Gasteiger partial charge on any atom is 0.220 e. The number of nitrogens with two attached hydrogens (primary N) is 1. The van der Waals surface area contributed by atoms with Gasteiger partial charge in [-0.1, -0.05) is 0 Å². The number of methoxy groups -OCH3 is 1. The summed E-state index contributed by atoms with van der Waals surface area (Å²) in [6.45, 7) is 2.85. The molecule has 5 heteroatoms. The first-order chi connectivity index (χ1) is 8.24.